The summed E-state index contributed by atoms with van der Waals surface area (Å²) in [4.78, 5) is 46.5. The number of urea groups is 2. The highest BCUT2D eigenvalue weighted by molar-refractivity contribution is 5.94. The standard InChI is InChI=1S/C20H30N4O6/c1-11(2)9-15(17(25)26)23-19(29)21-13-5-7-14(8-6-13)22-20(30)24-16(18(27)28)10-12(3)4/h5-8,11-12,15-16H,9-10H2,1-4H3,(H,25,26)(H,27,28)(H2,21,23,29)(H2,22,24,30)/t15-,16-/m0/s1. The maximum absolute atomic E-state index is 12.0. The molecule has 10 nitrogen and oxygen atoms in total. The van der Waals surface area contributed by atoms with Crippen LogP contribution in [0.4, 0.5) is 21.0 Å². The Morgan fingerprint density at radius 3 is 1.23 bits per heavy atom. The topological polar surface area (TPSA) is 157 Å². The lowest BCUT2D eigenvalue weighted by molar-refractivity contribution is -0.140. The van der Waals surface area contributed by atoms with Gasteiger partial charge in [0, 0.05) is 11.4 Å². The molecule has 0 aliphatic heterocycles. The van der Waals surface area contributed by atoms with Gasteiger partial charge in [-0.15, -0.1) is 0 Å². The summed E-state index contributed by atoms with van der Waals surface area (Å²) in [5.74, 6) is -2.02. The number of rotatable bonds is 10. The second kappa shape index (κ2) is 11.6. The molecule has 1 rings (SSSR count). The maximum Gasteiger partial charge on any atom is 0.326 e. The van der Waals surface area contributed by atoms with Gasteiger partial charge in [-0.25, -0.2) is 19.2 Å². The van der Waals surface area contributed by atoms with E-state index in [1.807, 2.05) is 27.7 Å². The van der Waals surface area contributed by atoms with E-state index in [-0.39, 0.29) is 11.8 Å². The molecule has 0 aliphatic rings. The Bertz CT molecular complexity index is 685. The van der Waals surface area contributed by atoms with Gasteiger partial charge in [0.1, 0.15) is 12.1 Å². The van der Waals surface area contributed by atoms with Crippen LogP contribution in [0.3, 0.4) is 0 Å². The largest absolute Gasteiger partial charge is 0.480 e. The Morgan fingerprint density at radius 1 is 0.700 bits per heavy atom. The number of carboxylic acids is 2. The Hall–Kier alpha value is -3.30. The number of nitrogens with one attached hydrogen (secondary N) is 4. The van der Waals surface area contributed by atoms with Crippen molar-refractivity contribution in [2.75, 3.05) is 10.6 Å². The number of carbonyl (C=O) groups excluding carboxylic acids is 2. The highest BCUT2D eigenvalue weighted by Gasteiger charge is 2.22. The highest BCUT2D eigenvalue weighted by atomic mass is 16.4. The first-order valence-electron chi connectivity index (χ1n) is 9.68. The van der Waals surface area contributed by atoms with E-state index in [0.717, 1.165) is 0 Å². The molecule has 1 aromatic carbocycles. The van der Waals surface area contributed by atoms with Gasteiger partial charge in [0.15, 0.2) is 0 Å². The van der Waals surface area contributed by atoms with E-state index in [1.165, 1.54) is 24.3 Å². The van der Waals surface area contributed by atoms with Crippen molar-refractivity contribution in [1.82, 2.24) is 10.6 Å². The van der Waals surface area contributed by atoms with Crippen LogP contribution in [-0.2, 0) is 9.59 Å². The van der Waals surface area contributed by atoms with Gasteiger partial charge in [0.25, 0.3) is 0 Å². The van der Waals surface area contributed by atoms with Crippen LogP contribution in [-0.4, -0.2) is 46.3 Å². The molecule has 0 bridgehead atoms. The molecule has 0 aliphatic carbocycles. The third-order valence-electron chi connectivity index (χ3n) is 4.02. The van der Waals surface area contributed by atoms with Crippen LogP contribution in [0.1, 0.15) is 40.5 Å². The zero-order valence-electron chi connectivity index (χ0n) is 17.6. The van der Waals surface area contributed by atoms with Crippen LogP contribution < -0.4 is 21.3 Å². The zero-order chi connectivity index (χ0) is 22.8. The lowest BCUT2D eigenvalue weighted by atomic mass is 10.0. The lowest BCUT2D eigenvalue weighted by Gasteiger charge is -2.17. The van der Waals surface area contributed by atoms with Crippen LogP contribution in [0, 0.1) is 11.8 Å². The monoisotopic (exact) mass is 422 g/mol. The minimum atomic E-state index is -1.11. The summed E-state index contributed by atoms with van der Waals surface area (Å²) in [6, 6.07) is 2.79. The number of carbonyl (C=O) groups is 4. The third kappa shape index (κ3) is 9.26. The van der Waals surface area contributed by atoms with Crippen molar-refractivity contribution < 1.29 is 29.4 Å². The van der Waals surface area contributed by atoms with Crippen molar-refractivity contribution in [2.45, 2.75) is 52.6 Å². The number of anilines is 2. The van der Waals surface area contributed by atoms with Crippen LogP contribution in [0.5, 0.6) is 0 Å². The van der Waals surface area contributed by atoms with E-state index in [2.05, 4.69) is 21.3 Å². The first kappa shape index (κ1) is 24.7. The molecule has 30 heavy (non-hydrogen) atoms. The number of hydrogen-bond donors (Lipinski definition) is 6. The summed E-state index contributed by atoms with van der Waals surface area (Å²) in [5.41, 5.74) is 0.797. The van der Waals surface area contributed by atoms with Gasteiger partial charge in [0.2, 0.25) is 0 Å². The SMILES string of the molecule is CC(C)C[C@H](NC(=O)Nc1ccc(NC(=O)N[C@@H](CC(C)C)C(=O)O)cc1)C(=O)O. The van der Waals surface area contributed by atoms with Crippen molar-refractivity contribution in [3.63, 3.8) is 0 Å². The first-order chi connectivity index (χ1) is 14.0. The summed E-state index contributed by atoms with van der Waals surface area (Å²) < 4.78 is 0. The predicted octanol–water partition coefficient (Wildman–Crippen LogP) is 2.93. The summed E-state index contributed by atoms with van der Waals surface area (Å²) in [7, 11) is 0. The van der Waals surface area contributed by atoms with E-state index in [1.54, 1.807) is 0 Å². The Balaban J connectivity index is 2.62. The van der Waals surface area contributed by atoms with Gasteiger partial charge in [-0.3, -0.25) is 0 Å². The zero-order valence-corrected chi connectivity index (χ0v) is 17.6. The van der Waals surface area contributed by atoms with Gasteiger partial charge in [-0.1, -0.05) is 27.7 Å². The Kier molecular flexibility index (Phi) is 9.60. The predicted molar refractivity (Wildman–Crippen MR) is 113 cm³/mol. The van der Waals surface area contributed by atoms with Crippen molar-refractivity contribution in [3.05, 3.63) is 24.3 Å². The summed E-state index contributed by atoms with van der Waals surface area (Å²) >= 11 is 0. The van der Waals surface area contributed by atoms with Crippen molar-refractivity contribution in [1.29, 1.82) is 0 Å². The number of benzene rings is 1. The smallest absolute Gasteiger partial charge is 0.326 e. The molecule has 10 heteroatoms. The van der Waals surface area contributed by atoms with Gasteiger partial charge < -0.3 is 31.5 Å². The van der Waals surface area contributed by atoms with Crippen LogP contribution >= 0.6 is 0 Å². The minimum absolute atomic E-state index is 0.101. The number of aliphatic carboxylic acids is 2. The average Bonchev–Trinajstić information content (AvgIpc) is 2.61. The fraction of sp³-hybridized carbons (Fsp3) is 0.500. The summed E-state index contributed by atoms with van der Waals surface area (Å²) in [5, 5.41) is 28.2. The van der Waals surface area contributed by atoms with E-state index in [9.17, 15) is 29.4 Å². The molecule has 1 aromatic rings. The maximum atomic E-state index is 12.0. The minimum Gasteiger partial charge on any atom is -0.480 e. The average molecular weight is 422 g/mol. The van der Waals surface area contributed by atoms with Crippen LogP contribution in [0.2, 0.25) is 0 Å². The number of amides is 4. The number of hydrogen-bond acceptors (Lipinski definition) is 4. The molecule has 4 amide bonds. The van der Waals surface area contributed by atoms with Crippen molar-refractivity contribution in [2.24, 2.45) is 11.8 Å². The third-order valence-corrected chi connectivity index (χ3v) is 4.02. The molecular formula is C20H30N4O6. The fourth-order valence-corrected chi connectivity index (χ4v) is 2.67. The van der Waals surface area contributed by atoms with E-state index >= 15 is 0 Å². The first-order valence-corrected chi connectivity index (χ1v) is 9.68. The van der Waals surface area contributed by atoms with Crippen LogP contribution in [0.15, 0.2) is 24.3 Å². The summed E-state index contributed by atoms with van der Waals surface area (Å²) in [6.45, 7) is 7.44. The van der Waals surface area contributed by atoms with Gasteiger partial charge in [-0.05, 0) is 48.9 Å². The molecule has 0 spiro atoms. The molecule has 2 atom stereocenters. The van der Waals surface area contributed by atoms with Gasteiger partial charge >= 0.3 is 24.0 Å². The van der Waals surface area contributed by atoms with E-state index in [0.29, 0.717) is 24.2 Å². The second-order valence-corrected chi connectivity index (χ2v) is 7.82. The van der Waals surface area contributed by atoms with E-state index in [4.69, 9.17) is 0 Å². The molecule has 6 N–H and O–H groups in total. The molecule has 0 unspecified atom stereocenters. The Labute approximate surface area is 175 Å². The lowest BCUT2D eigenvalue weighted by Crippen LogP contribution is -2.43. The van der Waals surface area contributed by atoms with Crippen LogP contribution in [0.25, 0.3) is 0 Å². The van der Waals surface area contributed by atoms with Gasteiger partial charge in [-0.2, -0.15) is 0 Å². The fourth-order valence-electron chi connectivity index (χ4n) is 2.67. The molecule has 0 fully saturated rings. The quantitative estimate of drug-likeness (QED) is 0.340. The molecule has 0 saturated heterocycles. The Morgan fingerprint density at radius 2 is 1.00 bits per heavy atom. The molecule has 166 valence electrons. The second-order valence-electron chi connectivity index (χ2n) is 7.82. The number of carboxylic acid groups (broad SMARTS) is 2. The molecule has 0 radical (unpaired) electrons. The summed E-state index contributed by atoms with van der Waals surface area (Å²) in [6.07, 6.45) is 0.601. The normalized spacial score (nSPS) is 12.7. The molecule has 0 aromatic heterocycles. The highest BCUT2D eigenvalue weighted by Crippen LogP contribution is 2.14. The van der Waals surface area contributed by atoms with Gasteiger partial charge in [0.05, 0.1) is 0 Å². The van der Waals surface area contributed by atoms with E-state index < -0.39 is 36.1 Å². The van der Waals surface area contributed by atoms with Crippen molar-refractivity contribution in [3.8, 4) is 0 Å². The molecular weight excluding hydrogens is 392 g/mol. The molecule has 0 saturated carbocycles. The molecule has 0 heterocycles. The van der Waals surface area contributed by atoms with Crippen molar-refractivity contribution >= 4 is 35.4 Å².